The number of nitrogens with zero attached hydrogens (tertiary/aromatic N) is 1. The van der Waals surface area contributed by atoms with Crippen molar-refractivity contribution in [3.05, 3.63) is 35.9 Å². The molecular weight excluding hydrogens is 300 g/mol. The van der Waals surface area contributed by atoms with E-state index in [1.807, 2.05) is 39.0 Å². The summed E-state index contributed by atoms with van der Waals surface area (Å²) in [7, 11) is 2.11. The highest BCUT2D eigenvalue weighted by molar-refractivity contribution is 5.68. The van der Waals surface area contributed by atoms with Gasteiger partial charge in [0.1, 0.15) is 5.60 Å². The van der Waals surface area contributed by atoms with Crippen LogP contribution in [-0.2, 0) is 4.74 Å². The lowest BCUT2D eigenvalue weighted by Gasteiger charge is -2.34. The molecule has 0 aliphatic heterocycles. The quantitative estimate of drug-likeness (QED) is 0.791. The van der Waals surface area contributed by atoms with Gasteiger partial charge in [-0.25, -0.2) is 4.79 Å². The fraction of sp³-hybridized carbons (Fsp3) is 0.650. The molecule has 1 N–H and O–H groups in total. The molecule has 0 heterocycles. The molecule has 3 unspecified atom stereocenters. The van der Waals surface area contributed by atoms with Gasteiger partial charge in [-0.3, -0.25) is 0 Å². The van der Waals surface area contributed by atoms with Crippen molar-refractivity contribution in [2.24, 2.45) is 5.92 Å². The summed E-state index contributed by atoms with van der Waals surface area (Å²) in [4.78, 5) is 14.6. The van der Waals surface area contributed by atoms with Gasteiger partial charge in [-0.05, 0) is 46.2 Å². The van der Waals surface area contributed by atoms with Crippen LogP contribution in [-0.4, -0.2) is 36.2 Å². The van der Waals surface area contributed by atoms with Crippen molar-refractivity contribution in [3.8, 4) is 0 Å². The summed E-state index contributed by atoms with van der Waals surface area (Å²) in [5, 5.41) is 3.06. The van der Waals surface area contributed by atoms with Crippen molar-refractivity contribution >= 4 is 6.09 Å². The first-order chi connectivity index (χ1) is 11.1. The first kappa shape index (κ1) is 20.5. The Morgan fingerprint density at radius 3 is 2.29 bits per heavy atom. The Labute approximate surface area is 147 Å². The molecule has 24 heavy (non-hydrogen) atoms. The van der Waals surface area contributed by atoms with Crippen LogP contribution in [0.15, 0.2) is 30.3 Å². The minimum absolute atomic E-state index is 0.116. The molecule has 1 aromatic carbocycles. The molecule has 0 aliphatic rings. The van der Waals surface area contributed by atoms with E-state index in [0.29, 0.717) is 5.92 Å². The molecule has 0 aromatic heterocycles. The lowest BCUT2D eigenvalue weighted by molar-refractivity contribution is 0.0468. The van der Waals surface area contributed by atoms with Crippen LogP contribution in [0.4, 0.5) is 4.79 Å². The maximum absolute atomic E-state index is 12.3. The van der Waals surface area contributed by atoms with Gasteiger partial charge in [0.25, 0.3) is 0 Å². The van der Waals surface area contributed by atoms with Crippen LogP contribution in [0.3, 0.4) is 0 Å². The largest absolute Gasteiger partial charge is 0.444 e. The van der Waals surface area contributed by atoms with Gasteiger partial charge in [-0.2, -0.15) is 0 Å². The first-order valence-electron chi connectivity index (χ1n) is 8.88. The number of likely N-dealkylation sites (N-methyl/N-ethyl adjacent to an activating group) is 1. The number of benzene rings is 1. The summed E-state index contributed by atoms with van der Waals surface area (Å²) in [6.07, 6.45) is 0.771. The molecule has 0 aliphatic carbocycles. The summed E-state index contributed by atoms with van der Waals surface area (Å²) in [5.41, 5.74) is 0.587. The van der Waals surface area contributed by atoms with Crippen LogP contribution in [0.1, 0.15) is 59.6 Å². The van der Waals surface area contributed by atoms with Gasteiger partial charge in [0.05, 0.1) is 6.04 Å². The Morgan fingerprint density at radius 2 is 1.79 bits per heavy atom. The monoisotopic (exact) mass is 334 g/mol. The fourth-order valence-corrected chi connectivity index (χ4v) is 2.62. The maximum Gasteiger partial charge on any atom is 0.408 e. The molecule has 4 heteroatoms. The second-order valence-electron chi connectivity index (χ2n) is 7.73. The average molecular weight is 335 g/mol. The van der Waals surface area contributed by atoms with E-state index in [9.17, 15) is 4.79 Å². The molecule has 0 saturated heterocycles. The number of hydrogen-bond acceptors (Lipinski definition) is 3. The van der Waals surface area contributed by atoms with E-state index in [1.165, 1.54) is 0 Å². The lowest BCUT2D eigenvalue weighted by Crippen LogP contribution is -2.45. The smallest absolute Gasteiger partial charge is 0.408 e. The van der Waals surface area contributed by atoms with Crippen LogP contribution in [0.25, 0.3) is 0 Å². The van der Waals surface area contributed by atoms with Gasteiger partial charge in [0.15, 0.2) is 0 Å². The van der Waals surface area contributed by atoms with E-state index in [0.717, 1.165) is 18.5 Å². The van der Waals surface area contributed by atoms with E-state index >= 15 is 0 Å². The van der Waals surface area contributed by atoms with Crippen LogP contribution >= 0.6 is 0 Å². The zero-order valence-corrected chi connectivity index (χ0v) is 16.3. The molecule has 0 fully saturated rings. The lowest BCUT2D eigenvalue weighted by atomic mass is 9.98. The van der Waals surface area contributed by atoms with E-state index in [-0.39, 0.29) is 18.2 Å². The molecular formula is C20H34N2O2. The summed E-state index contributed by atoms with van der Waals surface area (Å²) >= 11 is 0. The van der Waals surface area contributed by atoms with Crippen molar-refractivity contribution in [3.63, 3.8) is 0 Å². The van der Waals surface area contributed by atoms with Crippen molar-refractivity contribution in [1.82, 2.24) is 10.2 Å². The first-order valence-corrected chi connectivity index (χ1v) is 8.88. The zero-order valence-electron chi connectivity index (χ0n) is 16.3. The van der Waals surface area contributed by atoms with E-state index < -0.39 is 5.60 Å². The SMILES string of the molecule is CCC(C)CN(C)C(C)C(NC(=O)OC(C)(C)C)c1ccccc1. The molecule has 1 amide bonds. The Morgan fingerprint density at radius 1 is 1.21 bits per heavy atom. The highest BCUT2D eigenvalue weighted by atomic mass is 16.6. The summed E-state index contributed by atoms with van der Waals surface area (Å²) < 4.78 is 5.45. The van der Waals surface area contributed by atoms with Gasteiger partial charge in [0, 0.05) is 12.6 Å². The highest BCUT2D eigenvalue weighted by Crippen LogP contribution is 2.22. The van der Waals surface area contributed by atoms with E-state index in [2.05, 4.69) is 50.2 Å². The Balaban J connectivity index is 2.91. The molecule has 0 spiro atoms. The molecule has 136 valence electrons. The number of ether oxygens (including phenoxy) is 1. The third kappa shape index (κ3) is 6.91. The second-order valence-corrected chi connectivity index (χ2v) is 7.73. The topological polar surface area (TPSA) is 41.6 Å². The third-order valence-electron chi connectivity index (χ3n) is 4.31. The maximum atomic E-state index is 12.3. The van der Waals surface area contributed by atoms with Crippen LogP contribution < -0.4 is 5.32 Å². The predicted molar refractivity (Wildman–Crippen MR) is 100 cm³/mol. The van der Waals surface area contributed by atoms with Crippen molar-refractivity contribution < 1.29 is 9.53 Å². The summed E-state index contributed by atoms with van der Waals surface area (Å²) in [5.74, 6) is 0.621. The van der Waals surface area contributed by atoms with Crippen molar-refractivity contribution in [2.75, 3.05) is 13.6 Å². The molecule has 0 bridgehead atoms. The normalized spacial score (nSPS) is 15.7. The van der Waals surface area contributed by atoms with Crippen LogP contribution in [0.2, 0.25) is 0 Å². The van der Waals surface area contributed by atoms with E-state index in [4.69, 9.17) is 4.74 Å². The molecule has 1 rings (SSSR count). The fourth-order valence-electron chi connectivity index (χ4n) is 2.62. The van der Waals surface area contributed by atoms with Gasteiger partial charge in [-0.15, -0.1) is 0 Å². The molecule has 1 aromatic rings. The average Bonchev–Trinajstić information content (AvgIpc) is 2.50. The number of amides is 1. The number of hydrogen-bond donors (Lipinski definition) is 1. The summed E-state index contributed by atoms with van der Waals surface area (Å²) in [6.45, 7) is 13.2. The second kappa shape index (κ2) is 9.07. The number of carbonyl (C=O) groups excluding carboxylic acids is 1. The van der Waals surface area contributed by atoms with E-state index in [1.54, 1.807) is 0 Å². The minimum Gasteiger partial charge on any atom is -0.444 e. The Hall–Kier alpha value is -1.55. The van der Waals surface area contributed by atoms with Crippen molar-refractivity contribution in [2.45, 2.75) is 65.6 Å². The Kier molecular flexibility index (Phi) is 7.74. The highest BCUT2D eigenvalue weighted by Gasteiger charge is 2.27. The van der Waals surface area contributed by atoms with Gasteiger partial charge in [-0.1, -0.05) is 50.6 Å². The zero-order chi connectivity index (χ0) is 18.3. The van der Waals surface area contributed by atoms with Gasteiger partial charge < -0.3 is 15.0 Å². The van der Waals surface area contributed by atoms with Crippen molar-refractivity contribution in [1.29, 1.82) is 0 Å². The van der Waals surface area contributed by atoms with Crippen LogP contribution in [0.5, 0.6) is 0 Å². The molecule has 3 atom stereocenters. The summed E-state index contributed by atoms with van der Waals surface area (Å²) in [6, 6.07) is 10.1. The number of carbonyl (C=O) groups is 1. The predicted octanol–water partition coefficient (Wildman–Crippen LogP) is 4.62. The number of nitrogens with one attached hydrogen (secondary N) is 1. The number of alkyl carbamates (subject to hydrolysis) is 1. The third-order valence-corrected chi connectivity index (χ3v) is 4.31. The molecule has 0 saturated carbocycles. The van der Waals surface area contributed by atoms with Crippen LogP contribution in [0, 0.1) is 5.92 Å². The Bertz CT molecular complexity index is 496. The molecule has 4 nitrogen and oxygen atoms in total. The number of rotatable bonds is 7. The van der Waals surface area contributed by atoms with Gasteiger partial charge >= 0.3 is 6.09 Å². The van der Waals surface area contributed by atoms with Gasteiger partial charge in [0.2, 0.25) is 0 Å². The minimum atomic E-state index is -0.503. The standard InChI is InChI=1S/C20H34N2O2/c1-8-15(2)14-22(7)16(3)18(17-12-10-9-11-13-17)21-19(23)24-20(4,5)6/h9-13,15-16,18H,8,14H2,1-7H3,(H,21,23). The molecule has 0 radical (unpaired) electrons.